The van der Waals surface area contributed by atoms with E-state index in [1.807, 2.05) is 11.8 Å². The molecule has 1 aliphatic heterocycles. The van der Waals surface area contributed by atoms with Crippen molar-refractivity contribution in [1.29, 1.82) is 0 Å². The topological polar surface area (TPSA) is 73.8 Å². The summed E-state index contributed by atoms with van der Waals surface area (Å²) in [6.07, 6.45) is 1.14. The Morgan fingerprint density at radius 3 is 2.80 bits per heavy atom. The lowest BCUT2D eigenvalue weighted by atomic mass is 10.3. The molecule has 1 saturated heterocycles. The number of thiophene rings is 1. The van der Waals surface area contributed by atoms with Crippen LogP contribution >= 0.6 is 58.7 Å². The van der Waals surface area contributed by atoms with Gasteiger partial charge in [0.15, 0.2) is 5.96 Å². The molecule has 2 rings (SSSR count). The average Bonchev–Trinajstić information content (AvgIpc) is 3.02. The van der Waals surface area contributed by atoms with Crippen LogP contribution in [0, 0.1) is 0 Å². The summed E-state index contributed by atoms with van der Waals surface area (Å²) < 4.78 is 27.5. The van der Waals surface area contributed by atoms with Crippen LogP contribution in [0.2, 0.25) is 4.34 Å². The Morgan fingerprint density at radius 1 is 1.44 bits per heavy atom. The third-order valence-corrected chi connectivity index (χ3v) is 8.18. The number of thioether (sulfide) groups is 1. The van der Waals surface area contributed by atoms with Crippen LogP contribution in [0.15, 0.2) is 21.3 Å². The maximum atomic E-state index is 12.1. The highest BCUT2D eigenvalue weighted by atomic mass is 127. The summed E-state index contributed by atoms with van der Waals surface area (Å²) in [5, 5.41) is 3.85. The van der Waals surface area contributed by atoms with Gasteiger partial charge in [0.05, 0.1) is 4.34 Å². The maximum Gasteiger partial charge on any atom is 0.250 e. The molecule has 1 atom stereocenters. The van der Waals surface area contributed by atoms with Gasteiger partial charge in [-0.2, -0.15) is 11.8 Å². The van der Waals surface area contributed by atoms with Gasteiger partial charge in [-0.15, -0.1) is 35.3 Å². The van der Waals surface area contributed by atoms with Gasteiger partial charge in [0, 0.05) is 44.2 Å². The molecule has 0 amide bonds. The summed E-state index contributed by atoms with van der Waals surface area (Å²) in [4.78, 5) is 6.54. The molecule has 1 fully saturated rings. The van der Waals surface area contributed by atoms with Gasteiger partial charge in [0.2, 0.25) is 10.0 Å². The molecular weight excluding hydrogens is 515 g/mol. The molecule has 0 radical (unpaired) electrons. The first kappa shape index (κ1) is 23.3. The van der Waals surface area contributed by atoms with E-state index in [0.717, 1.165) is 42.6 Å². The van der Waals surface area contributed by atoms with Crippen molar-refractivity contribution in [2.75, 3.05) is 39.0 Å². The Labute approximate surface area is 180 Å². The molecular formula is C14H24ClIN4O2S3. The smallest absolute Gasteiger partial charge is 0.250 e. The Morgan fingerprint density at radius 2 is 2.20 bits per heavy atom. The van der Waals surface area contributed by atoms with Gasteiger partial charge in [-0.05, 0) is 18.6 Å². The second kappa shape index (κ2) is 11.2. The normalized spacial score (nSPS) is 18.8. The van der Waals surface area contributed by atoms with E-state index in [1.54, 1.807) is 13.1 Å². The van der Waals surface area contributed by atoms with E-state index in [4.69, 9.17) is 11.6 Å². The van der Waals surface area contributed by atoms with Crippen molar-refractivity contribution in [2.45, 2.75) is 22.8 Å². The van der Waals surface area contributed by atoms with Crippen molar-refractivity contribution in [3.8, 4) is 0 Å². The number of hydrogen-bond acceptors (Lipinski definition) is 5. The largest absolute Gasteiger partial charge is 0.355 e. The van der Waals surface area contributed by atoms with Crippen molar-refractivity contribution < 1.29 is 8.42 Å². The lowest BCUT2D eigenvalue weighted by Crippen LogP contribution is -2.49. The number of nitrogens with zero attached hydrogens (tertiary/aromatic N) is 2. The SMILES string of the molecule is CCC1CN(C(=NC)NCCNS(=O)(=O)c2ccc(Cl)s2)CCS1.I. The summed E-state index contributed by atoms with van der Waals surface area (Å²) in [5.74, 6) is 1.91. The second-order valence-corrected chi connectivity index (χ2v) is 10.4. The van der Waals surface area contributed by atoms with Gasteiger partial charge >= 0.3 is 0 Å². The molecule has 11 heteroatoms. The molecule has 1 aromatic rings. The highest BCUT2D eigenvalue weighted by molar-refractivity contribution is 14.0. The molecule has 6 nitrogen and oxygen atoms in total. The van der Waals surface area contributed by atoms with E-state index in [9.17, 15) is 8.42 Å². The molecule has 1 unspecified atom stereocenters. The van der Waals surface area contributed by atoms with Crippen LogP contribution in [-0.2, 0) is 10.0 Å². The van der Waals surface area contributed by atoms with Crippen molar-refractivity contribution in [3.05, 3.63) is 16.5 Å². The van der Waals surface area contributed by atoms with Crippen LogP contribution in [0.3, 0.4) is 0 Å². The number of halogens is 2. The molecule has 144 valence electrons. The van der Waals surface area contributed by atoms with E-state index in [-0.39, 0.29) is 34.7 Å². The Balaban J connectivity index is 0.00000312. The van der Waals surface area contributed by atoms with Crippen molar-refractivity contribution in [1.82, 2.24) is 14.9 Å². The minimum Gasteiger partial charge on any atom is -0.355 e. The molecule has 0 saturated carbocycles. The lowest BCUT2D eigenvalue weighted by Gasteiger charge is -2.34. The van der Waals surface area contributed by atoms with Crippen LogP contribution in [0.1, 0.15) is 13.3 Å². The number of nitrogens with one attached hydrogen (secondary N) is 2. The maximum absolute atomic E-state index is 12.1. The third kappa shape index (κ3) is 7.06. The van der Waals surface area contributed by atoms with Gasteiger partial charge in [0.25, 0.3) is 0 Å². The van der Waals surface area contributed by atoms with Gasteiger partial charge in [-0.1, -0.05) is 18.5 Å². The Bertz CT molecular complexity index is 669. The van der Waals surface area contributed by atoms with Crippen LogP contribution in [0.25, 0.3) is 0 Å². The fourth-order valence-electron chi connectivity index (χ4n) is 2.36. The van der Waals surface area contributed by atoms with E-state index in [2.05, 4.69) is 26.9 Å². The van der Waals surface area contributed by atoms with Crippen LogP contribution < -0.4 is 10.0 Å². The minimum atomic E-state index is -3.49. The standard InChI is InChI=1S/C14H23ClN4O2S3.HI/c1-3-11-10-19(8-9-22-11)14(16-2)17-6-7-18-24(20,21)13-5-4-12(15)23-13;/h4-5,11,18H,3,6-10H2,1-2H3,(H,16,17);1H. The summed E-state index contributed by atoms with van der Waals surface area (Å²) in [7, 11) is -1.74. The monoisotopic (exact) mass is 538 g/mol. The fourth-order valence-corrected chi connectivity index (χ4v) is 6.10. The van der Waals surface area contributed by atoms with Crippen molar-refractivity contribution in [2.24, 2.45) is 4.99 Å². The van der Waals surface area contributed by atoms with Crippen molar-refractivity contribution in [3.63, 3.8) is 0 Å². The first-order valence-electron chi connectivity index (χ1n) is 7.78. The van der Waals surface area contributed by atoms with E-state index in [0.29, 0.717) is 16.1 Å². The molecule has 25 heavy (non-hydrogen) atoms. The van der Waals surface area contributed by atoms with Gasteiger partial charge in [0.1, 0.15) is 4.21 Å². The molecule has 0 bridgehead atoms. The highest BCUT2D eigenvalue weighted by Crippen LogP contribution is 2.25. The summed E-state index contributed by atoms with van der Waals surface area (Å²) in [5.41, 5.74) is 0. The van der Waals surface area contributed by atoms with Gasteiger partial charge < -0.3 is 10.2 Å². The predicted octanol–water partition coefficient (Wildman–Crippen LogP) is 2.70. The van der Waals surface area contributed by atoms with E-state index in [1.165, 1.54) is 6.07 Å². The quantitative estimate of drug-likeness (QED) is 0.252. The zero-order valence-corrected chi connectivity index (χ0v) is 19.7. The molecule has 1 aromatic heterocycles. The Kier molecular flexibility index (Phi) is 10.4. The molecule has 1 aliphatic rings. The highest BCUT2D eigenvalue weighted by Gasteiger charge is 2.21. The van der Waals surface area contributed by atoms with E-state index >= 15 is 0 Å². The molecule has 0 aliphatic carbocycles. The Hall–Kier alpha value is 0.250. The zero-order valence-electron chi connectivity index (χ0n) is 14.2. The first-order chi connectivity index (χ1) is 11.5. The first-order valence-corrected chi connectivity index (χ1v) is 11.5. The third-order valence-electron chi connectivity index (χ3n) is 3.62. The molecule has 0 aromatic carbocycles. The minimum absolute atomic E-state index is 0. The number of aliphatic imine (C=N–C) groups is 1. The second-order valence-electron chi connectivity index (χ2n) is 5.28. The lowest BCUT2D eigenvalue weighted by molar-refractivity contribution is 0.408. The van der Waals surface area contributed by atoms with E-state index < -0.39 is 10.0 Å². The molecule has 2 N–H and O–H groups in total. The predicted molar refractivity (Wildman–Crippen MR) is 119 cm³/mol. The molecule has 2 heterocycles. The zero-order chi connectivity index (χ0) is 17.6. The summed E-state index contributed by atoms with van der Waals surface area (Å²) >= 11 is 8.84. The summed E-state index contributed by atoms with van der Waals surface area (Å²) in [6.45, 7) is 4.89. The average molecular weight is 539 g/mol. The number of rotatable bonds is 6. The molecule has 0 spiro atoms. The van der Waals surface area contributed by atoms with Gasteiger partial charge in [-0.3, -0.25) is 4.99 Å². The van der Waals surface area contributed by atoms with Crippen LogP contribution in [0.5, 0.6) is 0 Å². The van der Waals surface area contributed by atoms with Crippen LogP contribution in [0.4, 0.5) is 0 Å². The van der Waals surface area contributed by atoms with Crippen LogP contribution in [-0.4, -0.2) is 63.5 Å². The number of hydrogen-bond donors (Lipinski definition) is 2. The van der Waals surface area contributed by atoms with Crippen molar-refractivity contribution >= 4 is 74.7 Å². The number of sulfonamides is 1. The number of guanidine groups is 1. The van der Waals surface area contributed by atoms with Gasteiger partial charge in [-0.25, -0.2) is 13.1 Å². The summed E-state index contributed by atoms with van der Waals surface area (Å²) in [6, 6.07) is 3.09. The fraction of sp³-hybridized carbons (Fsp3) is 0.643.